The van der Waals surface area contributed by atoms with Gasteiger partial charge in [-0.1, -0.05) is 0 Å². The summed E-state index contributed by atoms with van der Waals surface area (Å²) in [4.78, 5) is 10.4. The molecule has 0 radical (unpaired) electrons. The van der Waals surface area contributed by atoms with Gasteiger partial charge in [0.1, 0.15) is 6.04 Å². The number of hydrogen-bond acceptors (Lipinski definition) is 3. The van der Waals surface area contributed by atoms with E-state index in [1.807, 2.05) is 0 Å². The van der Waals surface area contributed by atoms with Gasteiger partial charge in [-0.05, 0) is 13.0 Å². The predicted molar refractivity (Wildman–Crippen MR) is 42.6 cm³/mol. The van der Waals surface area contributed by atoms with E-state index in [0.717, 1.165) is 5.56 Å². The van der Waals surface area contributed by atoms with Crippen LogP contribution in [0.25, 0.3) is 0 Å². The van der Waals surface area contributed by atoms with Crippen LogP contribution in [0, 0.1) is 0 Å². The SMILES string of the molecule is C[C@@H](NCc1ccoc1)C(=O)O. The summed E-state index contributed by atoms with van der Waals surface area (Å²) in [7, 11) is 0. The molecular formula is C8H11NO3. The van der Waals surface area contributed by atoms with E-state index in [0.29, 0.717) is 6.54 Å². The maximum Gasteiger partial charge on any atom is 0.320 e. The van der Waals surface area contributed by atoms with Crippen molar-refractivity contribution in [1.29, 1.82) is 0 Å². The van der Waals surface area contributed by atoms with Gasteiger partial charge in [-0.2, -0.15) is 0 Å². The number of nitrogens with one attached hydrogen (secondary N) is 1. The van der Waals surface area contributed by atoms with Crippen LogP contribution in [-0.2, 0) is 11.3 Å². The summed E-state index contributed by atoms with van der Waals surface area (Å²) >= 11 is 0. The van der Waals surface area contributed by atoms with Crippen molar-refractivity contribution >= 4 is 5.97 Å². The largest absolute Gasteiger partial charge is 0.480 e. The zero-order chi connectivity index (χ0) is 8.97. The standard InChI is InChI=1S/C8H11NO3/c1-6(8(10)11)9-4-7-2-3-12-5-7/h2-3,5-6,9H,4H2,1H3,(H,10,11)/t6-/m1/s1. The summed E-state index contributed by atoms with van der Waals surface area (Å²) in [5, 5.41) is 11.3. The number of furan rings is 1. The third-order valence-corrected chi connectivity index (χ3v) is 1.56. The molecule has 0 aliphatic carbocycles. The van der Waals surface area contributed by atoms with E-state index in [4.69, 9.17) is 9.52 Å². The zero-order valence-electron chi connectivity index (χ0n) is 6.78. The van der Waals surface area contributed by atoms with Crippen molar-refractivity contribution in [3.63, 3.8) is 0 Å². The Morgan fingerprint density at radius 1 is 1.83 bits per heavy atom. The summed E-state index contributed by atoms with van der Waals surface area (Å²) in [6.45, 7) is 2.12. The topological polar surface area (TPSA) is 62.5 Å². The smallest absolute Gasteiger partial charge is 0.320 e. The van der Waals surface area contributed by atoms with E-state index in [-0.39, 0.29) is 0 Å². The molecule has 0 saturated carbocycles. The van der Waals surface area contributed by atoms with Crippen molar-refractivity contribution in [1.82, 2.24) is 5.32 Å². The molecule has 1 heterocycles. The number of rotatable bonds is 4. The number of hydrogen-bond donors (Lipinski definition) is 2. The van der Waals surface area contributed by atoms with E-state index in [1.165, 1.54) is 0 Å². The van der Waals surface area contributed by atoms with Crippen LogP contribution in [0.4, 0.5) is 0 Å². The molecule has 1 atom stereocenters. The van der Waals surface area contributed by atoms with E-state index in [1.54, 1.807) is 25.5 Å². The molecule has 0 aliphatic rings. The molecule has 66 valence electrons. The van der Waals surface area contributed by atoms with Gasteiger partial charge in [0.2, 0.25) is 0 Å². The number of aliphatic carboxylic acids is 1. The average molecular weight is 169 g/mol. The minimum atomic E-state index is -0.849. The molecule has 12 heavy (non-hydrogen) atoms. The van der Waals surface area contributed by atoms with E-state index in [2.05, 4.69) is 5.32 Å². The summed E-state index contributed by atoms with van der Waals surface area (Å²) in [6, 6.07) is 1.27. The molecule has 1 aromatic rings. The fraction of sp³-hybridized carbons (Fsp3) is 0.375. The van der Waals surface area contributed by atoms with E-state index >= 15 is 0 Å². The van der Waals surface area contributed by atoms with Crippen LogP contribution in [0.5, 0.6) is 0 Å². The lowest BCUT2D eigenvalue weighted by molar-refractivity contribution is -0.139. The lowest BCUT2D eigenvalue weighted by Gasteiger charge is -2.06. The molecule has 0 fully saturated rings. The molecular weight excluding hydrogens is 158 g/mol. The van der Waals surface area contributed by atoms with Gasteiger partial charge in [-0.15, -0.1) is 0 Å². The molecule has 0 bridgehead atoms. The Morgan fingerprint density at radius 2 is 2.58 bits per heavy atom. The van der Waals surface area contributed by atoms with Gasteiger partial charge < -0.3 is 14.8 Å². The second kappa shape index (κ2) is 3.92. The third kappa shape index (κ3) is 2.39. The first-order valence-electron chi connectivity index (χ1n) is 3.67. The number of carbonyl (C=O) groups is 1. The van der Waals surface area contributed by atoms with Crippen molar-refractivity contribution in [2.24, 2.45) is 0 Å². The Bertz CT molecular complexity index is 243. The first kappa shape index (κ1) is 8.80. The van der Waals surface area contributed by atoms with Gasteiger partial charge in [0, 0.05) is 12.1 Å². The van der Waals surface area contributed by atoms with Gasteiger partial charge in [0.25, 0.3) is 0 Å². The van der Waals surface area contributed by atoms with E-state index in [9.17, 15) is 4.79 Å². The predicted octanol–water partition coefficient (Wildman–Crippen LogP) is 0.842. The van der Waals surface area contributed by atoms with Crippen molar-refractivity contribution < 1.29 is 14.3 Å². The Balaban J connectivity index is 2.31. The monoisotopic (exact) mass is 169 g/mol. The minimum Gasteiger partial charge on any atom is -0.480 e. The molecule has 0 aliphatic heterocycles. The third-order valence-electron chi connectivity index (χ3n) is 1.56. The van der Waals surface area contributed by atoms with Crippen LogP contribution in [0.3, 0.4) is 0 Å². The summed E-state index contributed by atoms with van der Waals surface area (Å²) < 4.78 is 4.82. The van der Waals surface area contributed by atoms with Crippen LogP contribution < -0.4 is 5.32 Å². The maximum atomic E-state index is 10.4. The Hall–Kier alpha value is -1.29. The Kier molecular flexibility index (Phi) is 2.88. The van der Waals surface area contributed by atoms with Crippen LogP contribution in [0.15, 0.2) is 23.0 Å². The van der Waals surface area contributed by atoms with Gasteiger partial charge in [-0.25, -0.2) is 0 Å². The van der Waals surface area contributed by atoms with Gasteiger partial charge in [0.15, 0.2) is 0 Å². The van der Waals surface area contributed by atoms with Gasteiger partial charge in [-0.3, -0.25) is 4.79 Å². The fourth-order valence-corrected chi connectivity index (χ4v) is 0.751. The lowest BCUT2D eigenvalue weighted by atomic mass is 10.3. The highest BCUT2D eigenvalue weighted by molar-refractivity contribution is 5.72. The molecule has 1 rings (SSSR count). The van der Waals surface area contributed by atoms with Crippen LogP contribution in [0.1, 0.15) is 12.5 Å². The van der Waals surface area contributed by atoms with Crippen molar-refractivity contribution in [2.75, 3.05) is 0 Å². The highest BCUT2D eigenvalue weighted by atomic mass is 16.4. The second-order valence-corrected chi connectivity index (χ2v) is 2.57. The highest BCUT2D eigenvalue weighted by Crippen LogP contribution is 1.99. The Labute approximate surface area is 70.2 Å². The summed E-state index contributed by atoms with van der Waals surface area (Å²) in [5.41, 5.74) is 0.947. The summed E-state index contributed by atoms with van der Waals surface area (Å²) in [5.74, 6) is -0.849. The molecule has 4 heteroatoms. The van der Waals surface area contributed by atoms with Crippen molar-refractivity contribution in [2.45, 2.75) is 19.5 Å². The Morgan fingerprint density at radius 3 is 3.08 bits per heavy atom. The molecule has 0 amide bonds. The zero-order valence-corrected chi connectivity index (χ0v) is 6.78. The van der Waals surface area contributed by atoms with Crippen molar-refractivity contribution in [3.8, 4) is 0 Å². The van der Waals surface area contributed by atoms with Crippen molar-refractivity contribution in [3.05, 3.63) is 24.2 Å². The molecule has 2 N–H and O–H groups in total. The number of carboxylic acids is 1. The molecule has 0 saturated heterocycles. The molecule has 4 nitrogen and oxygen atoms in total. The first-order valence-corrected chi connectivity index (χ1v) is 3.67. The fourth-order valence-electron chi connectivity index (χ4n) is 0.751. The lowest BCUT2D eigenvalue weighted by Crippen LogP contribution is -2.32. The average Bonchev–Trinajstić information content (AvgIpc) is 2.51. The normalized spacial score (nSPS) is 12.8. The molecule has 0 unspecified atom stereocenters. The van der Waals surface area contributed by atoms with Crippen LogP contribution >= 0.6 is 0 Å². The minimum absolute atomic E-state index is 0.518. The quantitative estimate of drug-likeness (QED) is 0.701. The van der Waals surface area contributed by atoms with Gasteiger partial charge in [0.05, 0.1) is 12.5 Å². The second-order valence-electron chi connectivity index (χ2n) is 2.57. The van der Waals surface area contributed by atoms with E-state index < -0.39 is 12.0 Å². The molecule has 0 aromatic carbocycles. The highest BCUT2D eigenvalue weighted by Gasteiger charge is 2.08. The maximum absolute atomic E-state index is 10.4. The van der Waals surface area contributed by atoms with Crippen LogP contribution in [0.2, 0.25) is 0 Å². The van der Waals surface area contributed by atoms with Gasteiger partial charge >= 0.3 is 5.97 Å². The summed E-state index contributed by atoms with van der Waals surface area (Å²) in [6.07, 6.45) is 3.14. The van der Waals surface area contributed by atoms with Crippen LogP contribution in [-0.4, -0.2) is 17.1 Å². The first-order chi connectivity index (χ1) is 5.70. The molecule has 0 spiro atoms. The number of carboxylic acid groups (broad SMARTS) is 1. The molecule has 1 aromatic heterocycles.